The Balaban J connectivity index is 1.51. The van der Waals surface area contributed by atoms with E-state index in [1.807, 2.05) is 25.1 Å². The molecule has 1 saturated heterocycles. The summed E-state index contributed by atoms with van der Waals surface area (Å²) in [5, 5.41) is 3.18. The second kappa shape index (κ2) is 9.03. The molecule has 0 aromatic carbocycles. The zero-order valence-corrected chi connectivity index (χ0v) is 15.2. The summed E-state index contributed by atoms with van der Waals surface area (Å²) in [6, 6.07) is 5.93. The van der Waals surface area contributed by atoms with Gasteiger partial charge in [-0.1, -0.05) is 6.07 Å². The zero-order chi connectivity index (χ0) is 17.5. The van der Waals surface area contributed by atoms with E-state index in [2.05, 4.69) is 15.3 Å². The summed E-state index contributed by atoms with van der Waals surface area (Å²) in [7, 11) is 0. The normalized spacial score (nSPS) is 18.2. The van der Waals surface area contributed by atoms with Crippen molar-refractivity contribution in [2.24, 2.45) is 0 Å². The molecule has 1 aliphatic rings. The van der Waals surface area contributed by atoms with Gasteiger partial charge in [0.25, 0.3) is 0 Å². The number of pyridine rings is 1. The number of thiazole rings is 1. The van der Waals surface area contributed by atoms with Gasteiger partial charge >= 0.3 is 5.97 Å². The molecule has 1 fully saturated rings. The molecule has 0 N–H and O–H groups in total. The Kier molecular flexibility index (Phi) is 6.49. The predicted molar refractivity (Wildman–Crippen MR) is 95.4 cm³/mol. The molecule has 1 atom stereocenters. The third-order valence-electron chi connectivity index (χ3n) is 3.97. The minimum Gasteiger partial charge on any atom is -0.466 e. The molecule has 1 aliphatic heterocycles. The number of nitrogens with zero attached hydrogens (tertiary/aromatic N) is 3. The zero-order valence-electron chi connectivity index (χ0n) is 14.4. The topological polar surface area (TPSA) is 64.5 Å². The number of hydrogen-bond donors (Lipinski definition) is 0. The van der Waals surface area contributed by atoms with Gasteiger partial charge in [-0.2, -0.15) is 0 Å². The number of aromatic nitrogens is 2. The Morgan fingerprint density at radius 2 is 2.36 bits per heavy atom. The first-order chi connectivity index (χ1) is 12.2. The van der Waals surface area contributed by atoms with Gasteiger partial charge in [0.05, 0.1) is 36.4 Å². The summed E-state index contributed by atoms with van der Waals surface area (Å²) < 4.78 is 10.7. The van der Waals surface area contributed by atoms with Crippen molar-refractivity contribution in [3.05, 3.63) is 46.2 Å². The van der Waals surface area contributed by atoms with E-state index in [1.165, 1.54) is 0 Å². The first kappa shape index (κ1) is 18.0. The summed E-state index contributed by atoms with van der Waals surface area (Å²) in [4.78, 5) is 23.0. The summed E-state index contributed by atoms with van der Waals surface area (Å²) in [6.45, 7) is 5.22. The molecule has 3 rings (SSSR count). The van der Waals surface area contributed by atoms with Crippen LogP contribution in [0.5, 0.6) is 0 Å². The lowest BCUT2D eigenvalue weighted by atomic mass is 10.2. The molecule has 0 unspecified atom stereocenters. The maximum Gasteiger partial charge on any atom is 0.308 e. The lowest BCUT2D eigenvalue weighted by Gasteiger charge is -2.32. The number of esters is 1. The second-order valence-electron chi connectivity index (χ2n) is 5.97. The summed E-state index contributed by atoms with van der Waals surface area (Å²) >= 11 is 1.67. The van der Waals surface area contributed by atoms with Crippen LogP contribution >= 0.6 is 11.3 Å². The molecule has 25 heavy (non-hydrogen) atoms. The number of rotatable bonds is 7. The van der Waals surface area contributed by atoms with Crippen molar-refractivity contribution in [1.29, 1.82) is 0 Å². The Morgan fingerprint density at radius 3 is 3.16 bits per heavy atom. The van der Waals surface area contributed by atoms with Crippen LogP contribution < -0.4 is 0 Å². The third-order valence-corrected chi connectivity index (χ3v) is 4.86. The smallest absolute Gasteiger partial charge is 0.308 e. The Bertz CT molecular complexity index is 677. The molecule has 2 aromatic heterocycles. The van der Waals surface area contributed by atoms with Crippen molar-refractivity contribution < 1.29 is 14.3 Å². The molecule has 7 heteroatoms. The van der Waals surface area contributed by atoms with Crippen molar-refractivity contribution in [3.63, 3.8) is 0 Å². The Hall–Kier alpha value is -1.83. The van der Waals surface area contributed by atoms with Crippen molar-refractivity contribution >= 4 is 17.3 Å². The molecule has 134 valence electrons. The van der Waals surface area contributed by atoms with Gasteiger partial charge < -0.3 is 9.47 Å². The van der Waals surface area contributed by atoms with Crippen LogP contribution in [0.15, 0.2) is 29.8 Å². The van der Waals surface area contributed by atoms with Gasteiger partial charge in [0.15, 0.2) is 0 Å². The first-order valence-electron chi connectivity index (χ1n) is 8.55. The van der Waals surface area contributed by atoms with Crippen molar-refractivity contribution in [2.45, 2.75) is 32.4 Å². The first-order valence-corrected chi connectivity index (χ1v) is 9.43. The number of carbonyl (C=O) groups excluding carboxylic acids is 1. The fraction of sp³-hybridized carbons (Fsp3) is 0.500. The monoisotopic (exact) mass is 361 g/mol. The fourth-order valence-electron chi connectivity index (χ4n) is 2.84. The molecular formula is C18H23N3O3S. The molecule has 0 saturated carbocycles. The van der Waals surface area contributed by atoms with Gasteiger partial charge in [-0.05, 0) is 19.1 Å². The average Bonchev–Trinajstić information content (AvgIpc) is 3.03. The standard InChI is InChI=1S/C18H23N3O3S/c1-2-23-18(22)10-16-12-21(7-8-24-16)11-15-13-25-17(20-15)9-14-5-3-4-6-19-14/h3-6,13,16H,2,7-12H2,1H3/t16-/m1/s1. The lowest BCUT2D eigenvalue weighted by molar-refractivity contribution is -0.148. The Morgan fingerprint density at radius 1 is 1.44 bits per heavy atom. The number of ether oxygens (including phenoxy) is 2. The van der Waals surface area contributed by atoms with Crippen LogP contribution in [0.2, 0.25) is 0 Å². The van der Waals surface area contributed by atoms with E-state index >= 15 is 0 Å². The highest BCUT2D eigenvalue weighted by molar-refractivity contribution is 7.09. The maximum absolute atomic E-state index is 11.6. The highest BCUT2D eigenvalue weighted by Crippen LogP contribution is 2.17. The van der Waals surface area contributed by atoms with Crippen LogP contribution in [0.4, 0.5) is 0 Å². The Labute approximate surface area is 151 Å². The highest BCUT2D eigenvalue weighted by Gasteiger charge is 2.24. The molecule has 3 heterocycles. The summed E-state index contributed by atoms with van der Waals surface area (Å²) in [5.41, 5.74) is 2.09. The predicted octanol–water partition coefficient (Wildman–Crippen LogP) is 2.28. The van der Waals surface area contributed by atoms with Gasteiger partial charge in [-0.25, -0.2) is 4.98 Å². The molecule has 0 aliphatic carbocycles. The number of hydrogen-bond acceptors (Lipinski definition) is 7. The van der Waals surface area contributed by atoms with Crippen LogP contribution in [-0.4, -0.2) is 53.2 Å². The van der Waals surface area contributed by atoms with E-state index in [0.29, 0.717) is 19.6 Å². The van der Waals surface area contributed by atoms with Crippen molar-refractivity contribution in [1.82, 2.24) is 14.9 Å². The van der Waals surface area contributed by atoms with Crippen LogP contribution in [0.3, 0.4) is 0 Å². The fourth-order valence-corrected chi connectivity index (χ4v) is 3.64. The molecule has 0 amide bonds. The minimum atomic E-state index is -0.194. The molecule has 0 radical (unpaired) electrons. The lowest BCUT2D eigenvalue weighted by Crippen LogP contribution is -2.43. The van der Waals surface area contributed by atoms with Gasteiger partial charge in [0, 0.05) is 43.3 Å². The van der Waals surface area contributed by atoms with Gasteiger partial charge in [0.2, 0.25) is 0 Å². The third kappa shape index (κ3) is 5.59. The van der Waals surface area contributed by atoms with Crippen LogP contribution in [0.25, 0.3) is 0 Å². The molecule has 2 aromatic rings. The van der Waals surface area contributed by atoms with Crippen LogP contribution in [0.1, 0.15) is 29.7 Å². The summed E-state index contributed by atoms with van der Waals surface area (Å²) in [6.07, 6.45) is 2.78. The van der Waals surface area contributed by atoms with E-state index in [9.17, 15) is 4.79 Å². The van der Waals surface area contributed by atoms with Gasteiger partial charge in [0.1, 0.15) is 0 Å². The van der Waals surface area contributed by atoms with Crippen molar-refractivity contribution in [2.75, 3.05) is 26.3 Å². The summed E-state index contributed by atoms with van der Waals surface area (Å²) in [5.74, 6) is -0.194. The van der Waals surface area contributed by atoms with E-state index in [4.69, 9.17) is 14.5 Å². The van der Waals surface area contributed by atoms with E-state index in [1.54, 1.807) is 17.5 Å². The second-order valence-corrected chi connectivity index (χ2v) is 6.91. The van der Waals surface area contributed by atoms with Crippen LogP contribution in [0, 0.1) is 0 Å². The molecule has 6 nitrogen and oxygen atoms in total. The quantitative estimate of drug-likeness (QED) is 0.705. The molecule has 0 bridgehead atoms. The number of morpholine rings is 1. The van der Waals surface area contributed by atoms with E-state index in [0.717, 1.165) is 42.5 Å². The SMILES string of the molecule is CCOC(=O)C[C@@H]1CN(Cc2csc(Cc3ccccn3)n2)CCO1. The number of carbonyl (C=O) groups is 1. The average molecular weight is 361 g/mol. The van der Waals surface area contributed by atoms with E-state index < -0.39 is 0 Å². The molecule has 0 spiro atoms. The largest absolute Gasteiger partial charge is 0.466 e. The van der Waals surface area contributed by atoms with Gasteiger partial charge in [-0.15, -0.1) is 11.3 Å². The highest BCUT2D eigenvalue weighted by atomic mass is 32.1. The van der Waals surface area contributed by atoms with Crippen LogP contribution in [-0.2, 0) is 27.2 Å². The van der Waals surface area contributed by atoms with E-state index in [-0.39, 0.29) is 12.1 Å². The molecular weight excluding hydrogens is 338 g/mol. The maximum atomic E-state index is 11.6. The minimum absolute atomic E-state index is 0.0978. The van der Waals surface area contributed by atoms with Gasteiger partial charge in [-0.3, -0.25) is 14.7 Å². The van der Waals surface area contributed by atoms with Crippen molar-refractivity contribution in [3.8, 4) is 0 Å².